The van der Waals surface area contributed by atoms with Crippen molar-refractivity contribution in [3.8, 4) is 17.2 Å². The number of nitrogens with one attached hydrogen (secondary N) is 1. The maximum absolute atomic E-state index is 13.9. The van der Waals surface area contributed by atoms with Crippen LogP contribution < -0.4 is 5.32 Å². The first-order valence-electron chi connectivity index (χ1n) is 17.1. The lowest BCUT2D eigenvalue weighted by Crippen LogP contribution is -2.35. The molecule has 6 nitrogen and oxygen atoms in total. The van der Waals surface area contributed by atoms with E-state index in [0.717, 1.165) is 72.8 Å². The van der Waals surface area contributed by atoms with Gasteiger partial charge in [-0.1, -0.05) is 66.7 Å². The van der Waals surface area contributed by atoms with Crippen LogP contribution in [0.3, 0.4) is 0 Å². The van der Waals surface area contributed by atoms with Gasteiger partial charge in [-0.15, -0.1) is 0 Å². The molecule has 1 saturated carbocycles. The van der Waals surface area contributed by atoms with Gasteiger partial charge >= 0.3 is 0 Å². The van der Waals surface area contributed by atoms with Gasteiger partial charge in [-0.3, -0.25) is 9.48 Å². The third-order valence-corrected chi connectivity index (χ3v) is 10.5. The van der Waals surface area contributed by atoms with E-state index in [1.807, 2.05) is 48.4 Å². The predicted octanol–water partition coefficient (Wildman–Crippen LogP) is 7.43. The van der Waals surface area contributed by atoms with Crippen molar-refractivity contribution < 1.29 is 4.79 Å². The lowest BCUT2D eigenvalue weighted by molar-refractivity contribution is -0.124. The van der Waals surface area contributed by atoms with Crippen molar-refractivity contribution in [2.45, 2.75) is 76.3 Å². The van der Waals surface area contributed by atoms with Crippen LogP contribution in [0.15, 0.2) is 85.2 Å². The Morgan fingerprint density at radius 3 is 2.41 bits per heavy atom. The van der Waals surface area contributed by atoms with Gasteiger partial charge in [-0.25, -0.2) is 0 Å². The molecule has 0 spiro atoms. The number of aromatic nitrogens is 2. The zero-order chi connectivity index (χ0) is 31.9. The van der Waals surface area contributed by atoms with Crippen molar-refractivity contribution in [3.63, 3.8) is 0 Å². The van der Waals surface area contributed by atoms with Crippen LogP contribution in [0.2, 0.25) is 0 Å². The number of hydrogen-bond donors (Lipinski definition) is 1. The Kier molecular flexibility index (Phi) is 10.3. The molecule has 2 fully saturated rings. The van der Waals surface area contributed by atoms with Crippen LogP contribution in [0.5, 0.6) is 0 Å². The van der Waals surface area contributed by atoms with Gasteiger partial charge in [0, 0.05) is 31.4 Å². The molecule has 0 bridgehead atoms. The second-order valence-electron chi connectivity index (χ2n) is 13.6. The fourth-order valence-corrected chi connectivity index (χ4v) is 7.80. The van der Waals surface area contributed by atoms with Crippen LogP contribution in [0, 0.1) is 23.2 Å². The van der Waals surface area contributed by atoms with E-state index in [9.17, 15) is 10.1 Å². The van der Waals surface area contributed by atoms with Gasteiger partial charge in [0.15, 0.2) is 0 Å². The normalized spacial score (nSPS) is 20.7. The fourth-order valence-electron chi connectivity index (χ4n) is 7.80. The molecular formula is C40H47N5O. The quantitative estimate of drug-likeness (QED) is 0.191. The lowest BCUT2D eigenvalue weighted by Gasteiger charge is -2.34. The smallest absolute Gasteiger partial charge is 0.228 e. The summed E-state index contributed by atoms with van der Waals surface area (Å²) >= 11 is 0. The highest BCUT2D eigenvalue weighted by Crippen LogP contribution is 2.40. The Morgan fingerprint density at radius 2 is 1.74 bits per heavy atom. The molecule has 1 amide bonds. The molecule has 238 valence electrons. The summed E-state index contributed by atoms with van der Waals surface area (Å²) in [6, 6.07) is 28.3. The molecule has 2 aliphatic rings. The maximum Gasteiger partial charge on any atom is 0.228 e. The third kappa shape index (κ3) is 7.77. The van der Waals surface area contributed by atoms with E-state index in [4.69, 9.17) is 0 Å². The van der Waals surface area contributed by atoms with E-state index in [0.29, 0.717) is 24.4 Å². The molecule has 6 rings (SSSR count). The summed E-state index contributed by atoms with van der Waals surface area (Å²) in [7, 11) is 4.16. The van der Waals surface area contributed by atoms with Gasteiger partial charge < -0.3 is 10.2 Å². The van der Waals surface area contributed by atoms with E-state index < -0.39 is 0 Å². The second-order valence-corrected chi connectivity index (χ2v) is 13.6. The van der Waals surface area contributed by atoms with E-state index in [2.05, 4.69) is 77.0 Å². The highest BCUT2D eigenvalue weighted by atomic mass is 16.1. The summed E-state index contributed by atoms with van der Waals surface area (Å²) in [5, 5.41) is 17.4. The van der Waals surface area contributed by atoms with Crippen LogP contribution in [0.25, 0.3) is 11.1 Å². The van der Waals surface area contributed by atoms with Crippen molar-refractivity contribution in [1.82, 2.24) is 20.0 Å². The second kappa shape index (κ2) is 14.9. The van der Waals surface area contributed by atoms with E-state index in [-0.39, 0.29) is 11.8 Å². The Morgan fingerprint density at radius 1 is 0.957 bits per heavy atom. The molecular weight excluding hydrogens is 566 g/mol. The molecule has 1 aromatic heterocycles. The van der Waals surface area contributed by atoms with Crippen molar-refractivity contribution in [2.75, 3.05) is 13.6 Å². The number of likely N-dealkylation sites (tertiary alicyclic amines) is 1. The van der Waals surface area contributed by atoms with Crippen LogP contribution in [0.1, 0.15) is 78.7 Å². The molecule has 2 atom stereocenters. The first-order valence-corrected chi connectivity index (χ1v) is 17.1. The van der Waals surface area contributed by atoms with Crippen LogP contribution >= 0.6 is 0 Å². The predicted molar refractivity (Wildman–Crippen MR) is 184 cm³/mol. The Hall–Kier alpha value is -4.21. The molecule has 4 aromatic rings. The van der Waals surface area contributed by atoms with Crippen molar-refractivity contribution in [1.29, 1.82) is 5.26 Å². The van der Waals surface area contributed by atoms with E-state index >= 15 is 0 Å². The number of nitrogens with zero attached hydrogens (tertiary/aromatic N) is 4. The topological polar surface area (TPSA) is 74.0 Å². The molecule has 46 heavy (non-hydrogen) atoms. The monoisotopic (exact) mass is 613 g/mol. The number of nitriles is 1. The molecule has 1 aliphatic carbocycles. The van der Waals surface area contributed by atoms with Crippen LogP contribution in [-0.2, 0) is 31.2 Å². The maximum atomic E-state index is 13.9. The van der Waals surface area contributed by atoms with Gasteiger partial charge in [0.1, 0.15) is 0 Å². The summed E-state index contributed by atoms with van der Waals surface area (Å²) in [5.41, 5.74) is 7.78. The first kappa shape index (κ1) is 31.8. The molecule has 1 saturated heterocycles. The number of amides is 1. The minimum Gasteiger partial charge on any atom is -0.351 e. The summed E-state index contributed by atoms with van der Waals surface area (Å²) in [4.78, 5) is 16.3. The number of hydrogen-bond acceptors (Lipinski definition) is 4. The van der Waals surface area contributed by atoms with E-state index in [1.54, 1.807) is 0 Å². The molecule has 1 N–H and O–H groups in total. The number of carbonyl (C=O) groups excluding carboxylic acids is 1. The average Bonchev–Trinajstić information content (AvgIpc) is 3.72. The van der Waals surface area contributed by atoms with Crippen LogP contribution in [0.4, 0.5) is 0 Å². The minimum atomic E-state index is -0.178. The third-order valence-electron chi connectivity index (χ3n) is 10.5. The highest BCUT2D eigenvalue weighted by molar-refractivity contribution is 5.84. The molecule has 0 radical (unpaired) electrons. The summed E-state index contributed by atoms with van der Waals surface area (Å²) in [5.74, 6) is 0.837. The molecule has 1 aliphatic heterocycles. The largest absolute Gasteiger partial charge is 0.351 e. The Bertz CT molecular complexity index is 1630. The van der Waals surface area contributed by atoms with Crippen molar-refractivity contribution in [3.05, 3.63) is 113 Å². The van der Waals surface area contributed by atoms with Gasteiger partial charge in [-0.05, 0) is 117 Å². The number of carbonyl (C=O) groups is 1. The zero-order valence-electron chi connectivity index (χ0n) is 27.4. The zero-order valence-corrected chi connectivity index (χ0v) is 27.4. The first-order chi connectivity index (χ1) is 22.5. The molecule has 6 heteroatoms. The minimum absolute atomic E-state index is 0.117. The molecule has 2 unspecified atom stereocenters. The molecule has 3 aromatic carbocycles. The van der Waals surface area contributed by atoms with Gasteiger partial charge in [0.25, 0.3) is 0 Å². The van der Waals surface area contributed by atoms with Gasteiger partial charge in [-0.2, -0.15) is 10.4 Å². The van der Waals surface area contributed by atoms with Gasteiger partial charge in [0.05, 0.1) is 23.7 Å². The fraction of sp³-hybridized carbons (Fsp3) is 0.425. The Labute approximate surface area is 274 Å². The van der Waals surface area contributed by atoms with E-state index in [1.165, 1.54) is 30.5 Å². The number of aryl methyl sites for hydroxylation is 2. The lowest BCUT2D eigenvalue weighted by atomic mass is 9.71. The number of rotatable bonds is 11. The van der Waals surface area contributed by atoms with Crippen LogP contribution in [-0.4, -0.2) is 40.2 Å². The van der Waals surface area contributed by atoms with Crippen molar-refractivity contribution >= 4 is 5.91 Å². The summed E-state index contributed by atoms with van der Waals surface area (Å²) in [6.07, 6.45) is 13.9. The van der Waals surface area contributed by atoms with Gasteiger partial charge in [0.2, 0.25) is 5.91 Å². The van der Waals surface area contributed by atoms with Crippen molar-refractivity contribution in [2.24, 2.45) is 18.9 Å². The molecule has 2 heterocycles. The summed E-state index contributed by atoms with van der Waals surface area (Å²) in [6.45, 7) is 1.72. The average molecular weight is 614 g/mol. The SMILES string of the molecule is CN1CCCC1CCc1cc(C[C@H]2CC[C@H](C(C(=O)NCc3ccccc3)c3ccc(-c4cnn(C)c4)cc3)CC2)ccc1C#N. The number of benzene rings is 3. The summed E-state index contributed by atoms with van der Waals surface area (Å²) < 4.78 is 1.81. The Balaban J connectivity index is 1.12. The standard InChI is InChI=1S/C40H47N5O/c1-44-22-6-9-38(44)21-20-35-24-31(12-15-36(35)25-41)23-29-10-13-33(14-11-29)39(40(46)42-26-30-7-4-3-5-8-30)34-18-16-32(17-19-34)37-27-43-45(2)28-37/h3-5,7-8,12,15-19,24,27-29,33,38-39H,6,9-11,13-14,20-23,26H2,1-2H3,(H,42,46)/t29-,33-,38?,39?. The highest BCUT2D eigenvalue weighted by Gasteiger charge is 2.33.